The Morgan fingerprint density at radius 3 is 2.55 bits per heavy atom. The van der Waals surface area contributed by atoms with Crippen molar-refractivity contribution in [3.8, 4) is 0 Å². The number of hydroxylamine groups is 2. The normalized spacial score (nSPS) is 41.4. The van der Waals surface area contributed by atoms with Crippen LogP contribution in [-0.2, 0) is 9.63 Å². The number of rotatable bonds is 2. The molecule has 0 radical (unpaired) electrons. The molecule has 20 heavy (non-hydrogen) atoms. The minimum atomic E-state index is -1.62. The zero-order valence-electron chi connectivity index (χ0n) is 11.4. The molecule has 0 aromatic rings. The van der Waals surface area contributed by atoms with E-state index in [9.17, 15) is 20.1 Å². The number of allylic oxidation sites excluding steroid dienone is 3. The summed E-state index contributed by atoms with van der Waals surface area (Å²) in [7, 11) is 1.28. The Morgan fingerprint density at radius 2 is 2.05 bits per heavy atom. The molecule has 1 heterocycles. The maximum absolute atomic E-state index is 12.6. The number of nitrogens with zero attached hydrogens (tertiary/aromatic N) is 1. The summed E-state index contributed by atoms with van der Waals surface area (Å²) in [4.78, 5) is 17.5. The van der Waals surface area contributed by atoms with Crippen molar-refractivity contribution in [1.82, 2.24) is 5.06 Å². The average molecular weight is 281 g/mol. The standard InChI is InChI=1S/C14H19NO5/c1-4-5-9-6-7-10(16)12(18)14(9)11(17)8(2)15(20-3)13(14)19/h4-7,9-12,16-18H,2H2,1,3H3. The lowest BCUT2D eigenvalue weighted by molar-refractivity contribution is -0.179. The number of hydrogen-bond acceptors (Lipinski definition) is 5. The van der Waals surface area contributed by atoms with Gasteiger partial charge in [-0.15, -0.1) is 0 Å². The number of aliphatic hydroxyl groups excluding tert-OH is 3. The Morgan fingerprint density at radius 1 is 1.40 bits per heavy atom. The van der Waals surface area contributed by atoms with Crippen LogP contribution in [0.3, 0.4) is 0 Å². The van der Waals surface area contributed by atoms with Crippen molar-refractivity contribution in [1.29, 1.82) is 0 Å². The predicted molar refractivity (Wildman–Crippen MR) is 70.9 cm³/mol. The Hall–Kier alpha value is -1.47. The van der Waals surface area contributed by atoms with E-state index in [1.165, 1.54) is 13.2 Å². The van der Waals surface area contributed by atoms with Crippen LogP contribution >= 0.6 is 0 Å². The first-order valence-electron chi connectivity index (χ1n) is 6.35. The van der Waals surface area contributed by atoms with Crippen LogP contribution in [0.4, 0.5) is 0 Å². The van der Waals surface area contributed by atoms with Crippen LogP contribution < -0.4 is 0 Å². The highest BCUT2D eigenvalue weighted by molar-refractivity contribution is 5.90. The van der Waals surface area contributed by atoms with Crippen molar-refractivity contribution in [3.05, 3.63) is 36.6 Å². The van der Waals surface area contributed by atoms with E-state index < -0.39 is 35.6 Å². The average Bonchev–Trinajstić information content (AvgIpc) is 2.61. The molecule has 1 aliphatic carbocycles. The Balaban J connectivity index is 2.61. The molecule has 2 rings (SSSR count). The third-order valence-corrected chi connectivity index (χ3v) is 4.05. The van der Waals surface area contributed by atoms with E-state index in [2.05, 4.69) is 6.58 Å². The highest BCUT2D eigenvalue weighted by atomic mass is 16.7. The summed E-state index contributed by atoms with van der Waals surface area (Å²) in [5, 5.41) is 31.5. The Bertz CT molecular complexity index is 486. The summed E-state index contributed by atoms with van der Waals surface area (Å²) in [6, 6.07) is 0. The lowest BCUT2D eigenvalue weighted by Gasteiger charge is -2.42. The first-order valence-corrected chi connectivity index (χ1v) is 6.35. The van der Waals surface area contributed by atoms with Gasteiger partial charge in [-0.25, -0.2) is 0 Å². The van der Waals surface area contributed by atoms with Gasteiger partial charge in [-0.05, 0) is 6.92 Å². The van der Waals surface area contributed by atoms with Gasteiger partial charge < -0.3 is 15.3 Å². The smallest absolute Gasteiger partial charge is 0.263 e. The minimum absolute atomic E-state index is 0.0496. The van der Waals surface area contributed by atoms with Gasteiger partial charge in [0.05, 0.1) is 18.9 Å². The molecular formula is C14H19NO5. The van der Waals surface area contributed by atoms with E-state index in [1.54, 1.807) is 25.2 Å². The van der Waals surface area contributed by atoms with Crippen molar-refractivity contribution < 1.29 is 25.0 Å². The van der Waals surface area contributed by atoms with Crippen LogP contribution in [-0.4, -0.2) is 51.7 Å². The summed E-state index contributed by atoms with van der Waals surface area (Å²) >= 11 is 0. The summed E-state index contributed by atoms with van der Waals surface area (Å²) in [6.45, 7) is 5.40. The lowest BCUT2D eigenvalue weighted by Crippen LogP contribution is -2.58. The van der Waals surface area contributed by atoms with Gasteiger partial charge in [0, 0.05) is 5.92 Å². The quantitative estimate of drug-likeness (QED) is 0.606. The molecule has 0 bridgehead atoms. The fraction of sp³-hybridized carbons (Fsp3) is 0.500. The van der Waals surface area contributed by atoms with E-state index in [0.29, 0.717) is 0 Å². The Labute approximate surface area is 117 Å². The van der Waals surface area contributed by atoms with Crippen molar-refractivity contribution in [2.75, 3.05) is 7.11 Å². The molecular weight excluding hydrogens is 262 g/mol. The molecule has 1 aliphatic heterocycles. The molecule has 110 valence electrons. The van der Waals surface area contributed by atoms with Gasteiger partial charge in [0.25, 0.3) is 5.91 Å². The van der Waals surface area contributed by atoms with E-state index in [-0.39, 0.29) is 5.70 Å². The highest BCUT2D eigenvalue weighted by Gasteiger charge is 2.65. The second-order valence-corrected chi connectivity index (χ2v) is 4.98. The second-order valence-electron chi connectivity index (χ2n) is 4.98. The molecule has 6 heteroatoms. The third kappa shape index (κ3) is 1.69. The first-order chi connectivity index (χ1) is 9.42. The number of amides is 1. The van der Waals surface area contributed by atoms with Crippen LogP contribution in [0.5, 0.6) is 0 Å². The molecule has 0 aromatic heterocycles. The zero-order valence-corrected chi connectivity index (χ0v) is 11.4. The molecule has 5 unspecified atom stereocenters. The summed E-state index contributed by atoms with van der Waals surface area (Å²) in [5.74, 6) is -1.18. The number of carbonyl (C=O) groups is 1. The molecule has 6 nitrogen and oxygen atoms in total. The van der Waals surface area contributed by atoms with Crippen LogP contribution in [0.2, 0.25) is 0 Å². The van der Waals surface area contributed by atoms with Gasteiger partial charge in [0.2, 0.25) is 0 Å². The molecule has 3 N–H and O–H groups in total. The van der Waals surface area contributed by atoms with Crippen molar-refractivity contribution in [2.24, 2.45) is 11.3 Å². The second kappa shape index (κ2) is 5.14. The van der Waals surface area contributed by atoms with Crippen molar-refractivity contribution in [3.63, 3.8) is 0 Å². The summed E-state index contributed by atoms with van der Waals surface area (Å²) < 4.78 is 0. The molecule has 1 saturated heterocycles. The van der Waals surface area contributed by atoms with Crippen molar-refractivity contribution in [2.45, 2.75) is 25.2 Å². The third-order valence-electron chi connectivity index (χ3n) is 4.05. The van der Waals surface area contributed by atoms with Crippen LogP contribution in [0.15, 0.2) is 36.6 Å². The maximum Gasteiger partial charge on any atom is 0.263 e. The van der Waals surface area contributed by atoms with E-state index in [1.807, 2.05) is 0 Å². The molecule has 1 amide bonds. The SMILES string of the molecule is C=C1C(O)C2(C(=O)N1OC)C(C=CC)C=CC(O)C2O. The lowest BCUT2D eigenvalue weighted by atomic mass is 9.63. The summed E-state index contributed by atoms with van der Waals surface area (Å²) in [6.07, 6.45) is 2.40. The largest absolute Gasteiger partial charge is 0.389 e. The molecule has 0 saturated carbocycles. The molecule has 1 spiro atoms. The number of hydrogen-bond donors (Lipinski definition) is 3. The fourth-order valence-corrected chi connectivity index (χ4v) is 3.03. The van der Waals surface area contributed by atoms with Crippen LogP contribution in [0.1, 0.15) is 6.92 Å². The molecule has 0 aromatic carbocycles. The first kappa shape index (κ1) is 14.9. The highest BCUT2D eigenvalue weighted by Crippen LogP contribution is 2.50. The molecule has 2 aliphatic rings. The van der Waals surface area contributed by atoms with E-state index >= 15 is 0 Å². The van der Waals surface area contributed by atoms with E-state index in [0.717, 1.165) is 5.06 Å². The van der Waals surface area contributed by atoms with Gasteiger partial charge in [-0.3, -0.25) is 9.63 Å². The monoisotopic (exact) mass is 281 g/mol. The Kier molecular flexibility index (Phi) is 3.84. The topological polar surface area (TPSA) is 90.2 Å². The number of aliphatic hydroxyl groups is 3. The van der Waals surface area contributed by atoms with Gasteiger partial charge in [0.15, 0.2) is 0 Å². The summed E-state index contributed by atoms with van der Waals surface area (Å²) in [5.41, 5.74) is -1.57. The van der Waals surface area contributed by atoms with Crippen LogP contribution in [0, 0.1) is 11.3 Å². The van der Waals surface area contributed by atoms with Gasteiger partial charge in [-0.1, -0.05) is 30.9 Å². The van der Waals surface area contributed by atoms with Gasteiger partial charge in [-0.2, -0.15) is 5.06 Å². The van der Waals surface area contributed by atoms with Gasteiger partial charge >= 0.3 is 0 Å². The van der Waals surface area contributed by atoms with Crippen molar-refractivity contribution >= 4 is 5.91 Å². The maximum atomic E-state index is 12.6. The molecule has 5 atom stereocenters. The minimum Gasteiger partial charge on any atom is -0.389 e. The fourth-order valence-electron chi connectivity index (χ4n) is 3.03. The predicted octanol–water partition coefficient (Wildman–Crippen LogP) is -0.265. The van der Waals surface area contributed by atoms with Gasteiger partial charge in [0.1, 0.15) is 17.6 Å². The zero-order chi connectivity index (χ0) is 15.1. The van der Waals surface area contributed by atoms with E-state index in [4.69, 9.17) is 4.84 Å². The number of carbonyl (C=O) groups excluding carboxylic acids is 1. The molecule has 1 fully saturated rings. The van der Waals surface area contributed by atoms with Crippen LogP contribution in [0.25, 0.3) is 0 Å².